The molecule has 0 aromatic carbocycles. The molecule has 1 aromatic rings. The number of methoxy groups -OCH3 is 1. The van der Waals surface area contributed by atoms with Crippen LogP contribution in [0.3, 0.4) is 0 Å². The lowest BCUT2D eigenvalue weighted by Crippen LogP contribution is -2.44. The van der Waals surface area contributed by atoms with E-state index in [-0.39, 0.29) is 12.1 Å². The van der Waals surface area contributed by atoms with Gasteiger partial charge in [0.1, 0.15) is 11.8 Å². The average Bonchev–Trinajstić information content (AvgIpc) is 2.85. The molecule has 108 valence electrons. The molecule has 2 heterocycles. The van der Waals surface area contributed by atoms with Gasteiger partial charge in [0.2, 0.25) is 0 Å². The highest BCUT2D eigenvalue weighted by atomic mass is 16.6. The first-order chi connectivity index (χ1) is 9.31. The summed E-state index contributed by atoms with van der Waals surface area (Å²) in [4.78, 5) is 0. The summed E-state index contributed by atoms with van der Waals surface area (Å²) in [7, 11) is 1.63. The molecule has 0 spiro atoms. The topological polar surface area (TPSA) is 83.6 Å². The van der Waals surface area contributed by atoms with E-state index in [1.165, 1.54) is 0 Å². The van der Waals surface area contributed by atoms with Crippen LogP contribution in [0.25, 0.3) is 0 Å². The predicted molar refractivity (Wildman–Crippen MR) is 69.7 cm³/mol. The Balaban J connectivity index is 2.26. The van der Waals surface area contributed by atoms with E-state index in [1.54, 1.807) is 13.3 Å². The molecule has 2 rings (SSSR count). The van der Waals surface area contributed by atoms with Crippen molar-refractivity contribution >= 4 is 0 Å². The number of aryl methyl sites for hydroxylation is 1. The largest absolute Gasteiger partial charge is 0.493 e. The third kappa shape index (κ3) is 3.06. The first kappa shape index (κ1) is 14.3. The Labute approximate surface area is 113 Å². The summed E-state index contributed by atoms with van der Waals surface area (Å²) in [6.07, 6.45) is 2.55. The minimum absolute atomic E-state index is 0.139. The van der Waals surface area contributed by atoms with Gasteiger partial charge >= 0.3 is 0 Å². The molecule has 1 saturated heterocycles. The minimum atomic E-state index is -0.204. The van der Waals surface area contributed by atoms with E-state index in [0.717, 1.165) is 18.7 Å². The molecule has 0 amide bonds. The molecule has 3 N–H and O–H groups in total. The third-order valence-electron chi connectivity index (χ3n) is 3.19. The van der Waals surface area contributed by atoms with Crippen molar-refractivity contribution in [2.24, 2.45) is 5.84 Å². The lowest BCUT2D eigenvalue weighted by molar-refractivity contribution is -0.103. The number of hydrazine groups is 1. The normalized spacial score (nSPS) is 21.3. The minimum Gasteiger partial charge on any atom is -0.493 e. The van der Waals surface area contributed by atoms with E-state index in [0.29, 0.717) is 25.6 Å². The summed E-state index contributed by atoms with van der Waals surface area (Å²) in [5, 5.41) is 4.34. The SMILES string of the molecule is CCCn1ncc(OC)c1C(NN)C1COCCO1. The average molecular weight is 270 g/mol. The second-order valence-electron chi connectivity index (χ2n) is 4.45. The fourth-order valence-electron chi connectivity index (χ4n) is 2.30. The molecule has 0 aliphatic carbocycles. The highest BCUT2D eigenvalue weighted by Crippen LogP contribution is 2.29. The lowest BCUT2D eigenvalue weighted by Gasteiger charge is -2.30. The fraction of sp³-hybridized carbons (Fsp3) is 0.750. The van der Waals surface area contributed by atoms with Crippen LogP contribution < -0.4 is 16.0 Å². The van der Waals surface area contributed by atoms with Crippen LogP contribution in [0.4, 0.5) is 0 Å². The Kier molecular flexibility index (Phi) is 5.15. The number of ether oxygens (including phenoxy) is 3. The standard InChI is InChI=1S/C12H22N4O3/c1-3-4-16-12(9(17-2)7-14-16)11(15-13)10-8-18-5-6-19-10/h7,10-11,15H,3-6,8,13H2,1-2H3. The van der Waals surface area contributed by atoms with E-state index in [1.807, 2.05) is 4.68 Å². The molecule has 0 radical (unpaired) electrons. The summed E-state index contributed by atoms with van der Waals surface area (Å²) in [5.74, 6) is 6.41. The van der Waals surface area contributed by atoms with Gasteiger partial charge in [-0.3, -0.25) is 10.5 Å². The van der Waals surface area contributed by atoms with Crippen LogP contribution in [-0.2, 0) is 16.0 Å². The van der Waals surface area contributed by atoms with Crippen molar-refractivity contribution in [1.82, 2.24) is 15.2 Å². The van der Waals surface area contributed by atoms with Gasteiger partial charge in [-0.1, -0.05) is 6.92 Å². The van der Waals surface area contributed by atoms with Crippen LogP contribution in [0.1, 0.15) is 25.1 Å². The van der Waals surface area contributed by atoms with Gasteiger partial charge in [-0.05, 0) is 6.42 Å². The number of nitrogens with one attached hydrogen (secondary N) is 1. The molecule has 2 unspecified atom stereocenters. The number of rotatable bonds is 6. The number of aromatic nitrogens is 2. The van der Waals surface area contributed by atoms with E-state index in [4.69, 9.17) is 20.1 Å². The summed E-state index contributed by atoms with van der Waals surface area (Å²) in [6, 6.07) is -0.204. The molecule has 19 heavy (non-hydrogen) atoms. The predicted octanol–water partition coefficient (Wildman–Crippen LogP) is 0.222. The van der Waals surface area contributed by atoms with Gasteiger partial charge in [0.25, 0.3) is 0 Å². The summed E-state index contributed by atoms with van der Waals surface area (Å²) < 4.78 is 18.4. The zero-order valence-corrected chi connectivity index (χ0v) is 11.5. The van der Waals surface area contributed by atoms with Crippen molar-refractivity contribution in [2.75, 3.05) is 26.9 Å². The summed E-state index contributed by atoms with van der Waals surface area (Å²) in [5.41, 5.74) is 3.71. The Morgan fingerprint density at radius 1 is 1.63 bits per heavy atom. The molecular formula is C12H22N4O3. The fourth-order valence-corrected chi connectivity index (χ4v) is 2.30. The smallest absolute Gasteiger partial charge is 0.161 e. The van der Waals surface area contributed by atoms with E-state index < -0.39 is 0 Å². The quantitative estimate of drug-likeness (QED) is 0.568. The number of hydrogen-bond acceptors (Lipinski definition) is 6. The number of nitrogens with two attached hydrogens (primary N) is 1. The first-order valence-corrected chi connectivity index (χ1v) is 6.57. The van der Waals surface area contributed by atoms with Crippen molar-refractivity contribution < 1.29 is 14.2 Å². The molecule has 2 atom stereocenters. The van der Waals surface area contributed by atoms with Gasteiger partial charge in [-0.15, -0.1) is 0 Å². The van der Waals surface area contributed by atoms with Gasteiger partial charge in [0, 0.05) is 6.54 Å². The van der Waals surface area contributed by atoms with Crippen molar-refractivity contribution in [1.29, 1.82) is 0 Å². The molecule has 7 nitrogen and oxygen atoms in total. The van der Waals surface area contributed by atoms with Crippen molar-refractivity contribution in [2.45, 2.75) is 32.0 Å². The second kappa shape index (κ2) is 6.85. The Morgan fingerprint density at radius 3 is 3.05 bits per heavy atom. The van der Waals surface area contributed by atoms with Gasteiger partial charge < -0.3 is 14.2 Å². The van der Waals surface area contributed by atoms with Crippen LogP contribution in [0.15, 0.2) is 6.20 Å². The maximum atomic E-state index is 5.72. The molecule has 0 bridgehead atoms. The van der Waals surface area contributed by atoms with Gasteiger partial charge in [0.15, 0.2) is 5.75 Å². The molecule has 1 aliphatic heterocycles. The highest BCUT2D eigenvalue weighted by Gasteiger charge is 2.31. The van der Waals surface area contributed by atoms with Gasteiger partial charge in [-0.2, -0.15) is 5.10 Å². The van der Waals surface area contributed by atoms with E-state index >= 15 is 0 Å². The zero-order valence-electron chi connectivity index (χ0n) is 11.5. The highest BCUT2D eigenvalue weighted by molar-refractivity contribution is 5.29. The summed E-state index contributed by atoms with van der Waals surface area (Å²) in [6.45, 7) is 4.62. The van der Waals surface area contributed by atoms with Crippen molar-refractivity contribution in [3.63, 3.8) is 0 Å². The van der Waals surface area contributed by atoms with Crippen LogP contribution in [-0.4, -0.2) is 42.8 Å². The number of hydrogen-bond donors (Lipinski definition) is 2. The number of nitrogens with zero attached hydrogens (tertiary/aromatic N) is 2. The van der Waals surface area contributed by atoms with Crippen molar-refractivity contribution in [3.8, 4) is 5.75 Å². The van der Waals surface area contributed by atoms with Gasteiger partial charge in [0.05, 0.1) is 39.2 Å². The maximum Gasteiger partial charge on any atom is 0.161 e. The molecule has 1 fully saturated rings. The van der Waals surface area contributed by atoms with Crippen LogP contribution in [0.2, 0.25) is 0 Å². The van der Waals surface area contributed by atoms with Crippen LogP contribution in [0, 0.1) is 0 Å². The maximum absolute atomic E-state index is 5.72. The van der Waals surface area contributed by atoms with Gasteiger partial charge in [-0.25, -0.2) is 5.43 Å². The van der Waals surface area contributed by atoms with Crippen LogP contribution >= 0.6 is 0 Å². The Bertz CT molecular complexity index is 390. The van der Waals surface area contributed by atoms with E-state index in [2.05, 4.69) is 17.4 Å². The molecule has 7 heteroatoms. The molecule has 1 aromatic heterocycles. The first-order valence-electron chi connectivity index (χ1n) is 6.57. The Morgan fingerprint density at radius 2 is 2.47 bits per heavy atom. The second-order valence-corrected chi connectivity index (χ2v) is 4.45. The monoisotopic (exact) mass is 270 g/mol. The van der Waals surface area contributed by atoms with E-state index in [9.17, 15) is 0 Å². The molecular weight excluding hydrogens is 248 g/mol. The molecule has 0 saturated carbocycles. The lowest BCUT2D eigenvalue weighted by atomic mass is 10.1. The molecule has 1 aliphatic rings. The van der Waals surface area contributed by atoms with Crippen molar-refractivity contribution in [3.05, 3.63) is 11.9 Å². The summed E-state index contributed by atoms with van der Waals surface area (Å²) >= 11 is 0. The third-order valence-corrected chi connectivity index (χ3v) is 3.19. The zero-order chi connectivity index (χ0) is 13.7. The van der Waals surface area contributed by atoms with Crippen LogP contribution in [0.5, 0.6) is 5.75 Å². The Hall–Kier alpha value is -1.15.